The Morgan fingerprint density at radius 1 is 1.19 bits per heavy atom. The van der Waals surface area contributed by atoms with Crippen LogP contribution in [0.4, 0.5) is 0 Å². The van der Waals surface area contributed by atoms with Crippen molar-refractivity contribution in [2.24, 2.45) is 0 Å². The highest BCUT2D eigenvalue weighted by Crippen LogP contribution is 2.26. The van der Waals surface area contributed by atoms with E-state index in [2.05, 4.69) is 4.90 Å². The number of hydrogen-bond donors (Lipinski definition) is 0. The SMILES string of the molecule is CC(C)(C)OC(=O)C[C@H]1CC[C@H](OS(C)(=O)=O)CN1Cc1ccccc1. The smallest absolute Gasteiger partial charge is 0.307 e. The molecule has 0 radical (unpaired) electrons. The summed E-state index contributed by atoms with van der Waals surface area (Å²) in [7, 11) is -3.50. The van der Waals surface area contributed by atoms with E-state index in [1.807, 2.05) is 51.1 Å². The topological polar surface area (TPSA) is 72.9 Å². The predicted octanol–water partition coefficient (Wildman–Crippen LogP) is 2.73. The summed E-state index contributed by atoms with van der Waals surface area (Å²) in [6.45, 7) is 6.66. The van der Waals surface area contributed by atoms with Gasteiger partial charge in [0.15, 0.2) is 0 Å². The average Bonchev–Trinajstić information content (AvgIpc) is 2.47. The lowest BCUT2D eigenvalue weighted by Crippen LogP contribution is -2.47. The van der Waals surface area contributed by atoms with Crippen molar-refractivity contribution >= 4 is 16.1 Å². The summed E-state index contributed by atoms with van der Waals surface area (Å²) >= 11 is 0. The Morgan fingerprint density at radius 3 is 2.42 bits per heavy atom. The molecule has 1 saturated heterocycles. The van der Waals surface area contributed by atoms with Crippen molar-refractivity contribution in [2.45, 2.75) is 64.3 Å². The van der Waals surface area contributed by atoms with Gasteiger partial charge in [-0.1, -0.05) is 30.3 Å². The molecule has 6 nitrogen and oxygen atoms in total. The number of nitrogens with zero attached hydrogens (tertiary/aromatic N) is 1. The van der Waals surface area contributed by atoms with E-state index in [9.17, 15) is 13.2 Å². The van der Waals surface area contributed by atoms with Gasteiger partial charge < -0.3 is 4.74 Å². The molecule has 7 heteroatoms. The highest BCUT2D eigenvalue weighted by atomic mass is 32.2. The quantitative estimate of drug-likeness (QED) is 0.556. The van der Waals surface area contributed by atoms with Gasteiger partial charge in [0.05, 0.1) is 18.8 Å². The zero-order valence-electron chi connectivity index (χ0n) is 16.0. The zero-order valence-corrected chi connectivity index (χ0v) is 16.8. The van der Waals surface area contributed by atoms with Crippen LogP contribution in [0.15, 0.2) is 30.3 Å². The van der Waals surface area contributed by atoms with Crippen LogP contribution in [0, 0.1) is 0 Å². The largest absolute Gasteiger partial charge is 0.460 e. The fourth-order valence-electron chi connectivity index (χ4n) is 3.21. The standard InChI is InChI=1S/C19H29NO5S/c1-19(2,3)24-18(21)12-16-10-11-17(25-26(4,22)23)14-20(16)13-15-8-6-5-7-9-15/h5-9,16-17H,10-14H2,1-4H3/t16-,17+/m1/s1. The van der Waals surface area contributed by atoms with Crippen LogP contribution in [0.1, 0.15) is 45.6 Å². The van der Waals surface area contributed by atoms with E-state index < -0.39 is 15.7 Å². The van der Waals surface area contributed by atoms with Crippen LogP contribution < -0.4 is 0 Å². The van der Waals surface area contributed by atoms with Gasteiger partial charge in [0.2, 0.25) is 0 Å². The van der Waals surface area contributed by atoms with Gasteiger partial charge in [0.25, 0.3) is 10.1 Å². The van der Waals surface area contributed by atoms with Crippen molar-refractivity contribution < 1.29 is 22.1 Å². The number of rotatable bonds is 6. The Hall–Kier alpha value is -1.44. The first kappa shape index (κ1) is 20.9. The van der Waals surface area contributed by atoms with Gasteiger partial charge in [-0.2, -0.15) is 8.42 Å². The molecule has 0 aliphatic carbocycles. The van der Waals surface area contributed by atoms with Gasteiger partial charge in [0, 0.05) is 19.1 Å². The van der Waals surface area contributed by atoms with Crippen molar-refractivity contribution in [2.75, 3.05) is 12.8 Å². The number of piperidine rings is 1. The van der Waals surface area contributed by atoms with Gasteiger partial charge in [-0.3, -0.25) is 13.9 Å². The number of esters is 1. The Labute approximate surface area is 156 Å². The molecule has 2 rings (SSSR count). The molecule has 2 atom stereocenters. The third-order valence-electron chi connectivity index (χ3n) is 4.14. The molecule has 0 unspecified atom stereocenters. The van der Waals surface area contributed by atoms with E-state index in [0.29, 0.717) is 25.9 Å². The maximum atomic E-state index is 12.3. The summed E-state index contributed by atoms with van der Waals surface area (Å²) in [6.07, 6.45) is 2.26. The molecule has 0 amide bonds. The maximum Gasteiger partial charge on any atom is 0.307 e. The monoisotopic (exact) mass is 383 g/mol. The van der Waals surface area contributed by atoms with Gasteiger partial charge in [-0.25, -0.2) is 0 Å². The molecule has 1 heterocycles. The first-order valence-corrected chi connectivity index (χ1v) is 10.7. The van der Waals surface area contributed by atoms with Crippen LogP contribution in [0.25, 0.3) is 0 Å². The molecule has 0 aromatic heterocycles. The van der Waals surface area contributed by atoms with Crippen LogP contribution >= 0.6 is 0 Å². The molecule has 1 aliphatic heterocycles. The number of ether oxygens (including phenoxy) is 1. The second-order valence-corrected chi connectivity index (χ2v) is 9.46. The predicted molar refractivity (Wildman–Crippen MR) is 100 cm³/mol. The third kappa shape index (κ3) is 7.43. The fraction of sp³-hybridized carbons (Fsp3) is 0.632. The highest BCUT2D eigenvalue weighted by molar-refractivity contribution is 7.86. The van der Waals surface area contributed by atoms with Crippen molar-refractivity contribution in [1.29, 1.82) is 0 Å². The Balaban J connectivity index is 2.08. The lowest BCUT2D eigenvalue weighted by molar-refractivity contribution is -0.157. The highest BCUT2D eigenvalue weighted by Gasteiger charge is 2.33. The van der Waals surface area contributed by atoms with E-state index in [1.165, 1.54) is 0 Å². The maximum absolute atomic E-state index is 12.3. The van der Waals surface area contributed by atoms with Crippen LogP contribution in [0.2, 0.25) is 0 Å². The minimum absolute atomic E-state index is 0.00414. The summed E-state index contributed by atoms with van der Waals surface area (Å²) in [6, 6.07) is 9.92. The minimum Gasteiger partial charge on any atom is -0.460 e. The molecular formula is C19H29NO5S. The first-order valence-electron chi connectivity index (χ1n) is 8.90. The number of benzene rings is 1. The molecule has 1 aromatic rings. The lowest BCUT2D eigenvalue weighted by Gasteiger charge is -2.39. The molecule has 0 saturated carbocycles. The van der Waals surface area contributed by atoms with Crippen molar-refractivity contribution in [3.05, 3.63) is 35.9 Å². The molecule has 146 valence electrons. The third-order valence-corrected chi connectivity index (χ3v) is 4.76. The normalized spacial score (nSPS) is 22.2. The van der Waals surface area contributed by atoms with Gasteiger partial charge in [0.1, 0.15) is 5.60 Å². The van der Waals surface area contributed by atoms with E-state index in [-0.39, 0.29) is 24.5 Å². The number of likely N-dealkylation sites (tertiary alicyclic amines) is 1. The molecule has 26 heavy (non-hydrogen) atoms. The summed E-state index contributed by atoms with van der Waals surface area (Å²) in [5.74, 6) is -0.233. The number of carbonyl (C=O) groups is 1. The molecule has 0 spiro atoms. The van der Waals surface area contributed by atoms with E-state index in [1.54, 1.807) is 0 Å². The zero-order chi connectivity index (χ0) is 19.4. The summed E-state index contributed by atoms with van der Waals surface area (Å²) in [5, 5.41) is 0. The summed E-state index contributed by atoms with van der Waals surface area (Å²) < 4.78 is 33.6. The molecule has 1 fully saturated rings. The van der Waals surface area contributed by atoms with Gasteiger partial charge in [-0.15, -0.1) is 0 Å². The molecule has 1 aliphatic rings. The second kappa shape index (κ2) is 8.50. The van der Waals surface area contributed by atoms with E-state index in [4.69, 9.17) is 8.92 Å². The van der Waals surface area contributed by atoms with E-state index >= 15 is 0 Å². The second-order valence-electron chi connectivity index (χ2n) is 7.86. The number of carbonyl (C=O) groups excluding carboxylic acids is 1. The Morgan fingerprint density at radius 2 is 1.85 bits per heavy atom. The van der Waals surface area contributed by atoms with Gasteiger partial charge in [-0.05, 0) is 39.2 Å². The minimum atomic E-state index is -3.50. The van der Waals surface area contributed by atoms with Crippen LogP contribution in [-0.2, 0) is 30.4 Å². The number of hydrogen-bond acceptors (Lipinski definition) is 6. The fourth-order valence-corrected chi connectivity index (χ4v) is 3.86. The van der Waals surface area contributed by atoms with Crippen molar-refractivity contribution in [3.63, 3.8) is 0 Å². The first-order chi connectivity index (χ1) is 12.0. The van der Waals surface area contributed by atoms with Crippen LogP contribution in [-0.4, -0.2) is 49.8 Å². The van der Waals surface area contributed by atoms with Crippen LogP contribution in [0.5, 0.6) is 0 Å². The summed E-state index contributed by atoms with van der Waals surface area (Å²) in [4.78, 5) is 14.4. The molecule has 0 bridgehead atoms. The average molecular weight is 384 g/mol. The van der Waals surface area contributed by atoms with Crippen molar-refractivity contribution in [3.8, 4) is 0 Å². The lowest BCUT2D eigenvalue weighted by atomic mass is 9.96. The molecule has 1 aromatic carbocycles. The van der Waals surface area contributed by atoms with E-state index in [0.717, 1.165) is 11.8 Å². The Kier molecular flexibility index (Phi) is 6.82. The van der Waals surface area contributed by atoms with Gasteiger partial charge >= 0.3 is 5.97 Å². The summed E-state index contributed by atoms with van der Waals surface area (Å²) in [5.41, 5.74) is 0.597. The molecule has 0 N–H and O–H groups in total. The Bertz CT molecular complexity index is 696. The molecular weight excluding hydrogens is 354 g/mol. The van der Waals surface area contributed by atoms with Crippen molar-refractivity contribution in [1.82, 2.24) is 4.90 Å². The van der Waals surface area contributed by atoms with Crippen LogP contribution in [0.3, 0.4) is 0 Å².